The first-order valence-corrected chi connectivity index (χ1v) is 9.70. The Morgan fingerprint density at radius 3 is 2.50 bits per heavy atom. The van der Waals surface area contributed by atoms with Gasteiger partial charge in [0.05, 0.1) is 0 Å². The zero-order chi connectivity index (χ0) is 20.1. The molecular formula is C19H25ClN6O2. The molecule has 0 radical (unpaired) electrons. The lowest BCUT2D eigenvalue weighted by Crippen LogP contribution is -2.27. The minimum absolute atomic E-state index is 0.112. The van der Waals surface area contributed by atoms with Gasteiger partial charge in [-0.3, -0.25) is 5.32 Å². The molecule has 0 atom stereocenters. The van der Waals surface area contributed by atoms with Crippen molar-refractivity contribution in [2.75, 3.05) is 16.0 Å². The number of nitrogens with one attached hydrogen (secondary N) is 3. The molecule has 3 rings (SSSR count). The lowest BCUT2D eigenvalue weighted by atomic mass is 10.2. The highest BCUT2D eigenvalue weighted by Crippen LogP contribution is 2.23. The molecule has 0 bridgehead atoms. The largest absolute Gasteiger partial charge is 0.444 e. The third kappa shape index (κ3) is 6.23. The Morgan fingerprint density at radius 1 is 1.11 bits per heavy atom. The quantitative estimate of drug-likeness (QED) is 0.646. The number of hydrogen-bond acceptors (Lipinski definition) is 7. The number of carbonyl (C=O) groups is 1. The van der Waals surface area contributed by atoms with Crippen LogP contribution < -0.4 is 16.0 Å². The Kier molecular flexibility index (Phi) is 6.18. The van der Waals surface area contributed by atoms with Gasteiger partial charge in [0, 0.05) is 17.4 Å². The van der Waals surface area contributed by atoms with E-state index < -0.39 is 11.7 Å². The second-order valence-corrected chi connectivity index (χ2v) is 8.05. The van der Waals surface area contributed by atoms with E-state index in [-0.39, 0.29) is 5.28 Å². The van der Waals surface area contributed by atoms with Crippen LogP contribution in [0.15, 0.2) is 24.3 Å². The topological polar surface area (TPSA) is 101 Å². The molecule has 1 fully saturated rings. The van der Waals surface area contributed by atoms with E-state index in [1.54, 1.807) is 18.2 Å². The van der Waals surface area contributed by atoms with Crippen LogP contribution in [0.4, 0.5) is 28.1 Å². The first-order valence-electron chi connectivity index (χ1n) is 9.32. The Morgan fingerprint density at radius 2 is 1.79 bits per heavy atom. The minimum atomic E-state index is -0.565. The predicted molar refractivity (Wildman–Crippen MR) is 110 cm³/mol. The number of rotatable bonds is 5. The van der Waals surface area contributed by atoms with Crippen LogP contribution in [0, 0.1) is 0 Å². The Hall–Kier alpha value is -2.61. The molecule has 1 heterocycles. The van der Waals surface area contributed by atoms with Crippen molar-refractivity contribution < 1.29 is 9.53 Å². The van der Waals surface area contributed by atoms with Gasteiger partial charge in [-0.1, -0.05) is 18.9 Å². The van der Waals surface area contributed by atoms with E-state index in [1.165, 1.54) is 12.8 Å². The van der Waals surface area contributed by atoms with E-state index in [0.29, 0.717) is 29.3 Å². The fraction of sp³-hybridized carbons (Fsp3) is 0.474. The summed E-state index contributed by atoms with van der Waals surface area (Å²) < 4.78 is 5.27. The van der Waals surface area contributed by atoms with Crippen LogP contribution in [0.2, 0.25) is 5.28 Å². The van der Waals surface area contributed by atoms with E-state index in [9.17, 15) is 4.79 Å². The van der Waals surface area contributed by atoms with E-state index in [2.05, 4.69) is 30.9 Å². The van der Waals surface area contributed by atoms with Gasteiger partial charge >= 0.3 is 6.09 Å². The van der Waals surface area contributed by atoms with Gasteiger partial charge in [0.15, 0.2) is 0 Å². The molecule has 0 unspecified atom stereocenters. The van der Waals surface area contributed by atoms with Crippen molar-refractivity contribution in [1.29, 1.82) is 0 Å². The number of hydrogen-bond donors (Lipinski definition) is 3. The van der Waals surface area contributed by atoms with Crippen LogP contribution in [0.5, 0.6) is 0 Å². The van der Waals surface area contributed by atoms with Crippen molar-refractivity contribution in [3.8, 4) is 0 Å². The zero-order valence-electron chi connectivity index (χ0n) is 16.3. The monoisotopic (exact) mass is 404 g/mol. The summed E-state index contributed by atoms with van der Waals surface area (Å²) in [5.74, 6) is 0.785. The molecule has 2 aromatic rings. The minimum Gasteiger partial charge on any atom is -0.444 e. The number of aromatic nitrogens is 3. The highest BCUT2D eigenvalue weighted by atomic mass is 35.5. The third-order valence-electron chi connectivity index (χ3n) is 4.06. The van der Waals surface area contributed by atoms with Crippen LogP contribution >= 0.6 is 11.6 Å². The third-order valence-corrected chi connectivity index (χ3v) is 4.23. The Bertz CT molecular complexity index is 833. The molecule has 1 aromatic heterocycles. The fourth-order valence-electron chi connectivity index (χ4n) is 2.95. The summed E-state index contributed by atoms with van der Waals surface area (Å²) in [6.07, 6.45) is 4.10. The standard InChI is InChI=1S/C19H25ClN6O2/c1-19(2,3)28-18(27)23-14-10-6-9-13(11-14)22-17-25-15(20)24-16(26-17)21-12-7-4-5-8-12/h6,9-12H,4-5,7-8H2,1-3H3,(H,23,27)(H2,21,22,24,25,26). The van der Waals surface area contributed by atoms with Gasteiger partial charge in [0.1, 0.15) is 5.60 Å². The number of amides is 1. The number of anilines is 4. The van der Waals surface area contributed by atoms with Gasteiger partial charge in [0.2, 0.25) is 17.2 Å². The van der Waals surface area contributed by atoms with Gasteiger partial charge < -0.3 is 15.4 Å². The Labute approximate surface area is 169 Å². The fourth-order valence-corrected chi connectivity index (χ4v) is 3.11. The Balaban J connectivity index is 1.68. The molecule has 1 aromatic carbocycles. The van der Waals surface area contributed by atoms with Crippen molar-refractivity contribution in [1.82, 2.24) is 15.0 Å². The van der Waals surface area contributed by atoms with Crippen LogP contribution in [0.25, 0.3) is 0 Å². The smallest absolute Gasteiger partial charge is 0.412 e. The van der Waals surface area contributed by atoms with E-state index in [0.717, 1.165) is 12.8 Å². The maximum Gasteiger partial charge on any atom is 0.412 e. The molecule has 1 amide bonds. The van der Waals surface area contributed by atoms with Crippen LogP contribution in [0.1, 0.15) is 46.5 Å². The summed E-state index contributed by atoms with van der Waals surface area (Å²) in [7, 11) is 0. The molecule has 8 nitrogen and oxygen atoms in total. The van der Waals surface area contributed by atoms with Crippen molar-refractivity contribution in [2.24, 2.45) is 0 Å². The molecule has 0 spiro atoms. The first-order chi connectivity index (χ1) is 13.3. The van der Waals surface area contributed by atoms with E-state index in [4.69, 9.17) is 16.3 Å². The summed E-state index contributed by atoms with van der Waals surface area (Å²) in [4.78, 5) is 24.6. The van der Waals surface area contributed by atoms with Gasteiger partial charge in [-0.25, -0.2) is 4.79 Å². The zero-order valence-corrected chi connectivity index (χ0v) is 17.0. The molecule has 3 N–H and O–H groups in total. The van der Waals surface area contributed by atoms with E-state index >= 15 is 0 Å². The van der Waals surface area contributed by atoms with Crippen LogP contribution in [-0.4, -0.2) is 32.7 Å². The van der Waals surface area contributed by atoms with Gasteiger partial charge in [-0.2, -0.15) is 15.0 Å². The van der Waals surface area contributed by atoms with Crippen molar-refractivity contribution in [2.45, 2.75) is 58.1 Å². The molecule has 0 aliphatic heterocycles. The van der Waals surface area contributed by atoms with E-state index in [1.807, 2.05) is 26.8 Å². The summed E-state index contributed by atoms with van der Waals surface area (Å²) in [5.41, 5.74) is 0.718. The number of benzene rings is 1. The lowest BCUT2D eigenvalue weighted by molar-refractivity contribution is 0.0636. The molecule has 9 heteroatoms. The average molecular weight is 405 g/mol. The summed E-state index contributed by atoms with van der Waals surface area (Å²) >= 11 is 6.05. The van der Waals surface area contributed by atoms with Gasteiger partial charge in [-0.05, 0) is 63.4 Å². The highest BCUT2D eigenvalue weighted by molar-refractivity contribution is 6.28. The number of nitrogens with zero attached hydrogens (tertiary/aromatic N) is 3. The summed E-state index contributed by atoms with van der Waals surface area (Å²) in [6.45, 7) is 5.44. The predicted octanol–water partition coefficient (Wildman–Crippen LogP) is 4.97. The second kappa shape index (κ2) is 8.60. The average Bonchev–Trinajstić information content (AvgIpc) is 3.05. The normalized spacial score (nSPS) is 14.6. The SMILES string of the molecule is CC(C)(C)OC(=O)Nc1cccc(Nc2nc(Cl)nc(NC3CCCC3)n2)c1. The van der Waals surface area contributed by atoms with Crippen LogP contribution in [-0.2, 0) is 4.74 Å². The molecule has 150 valence electrons. The van der Waals surface area contributed by atoms with Gasteiger partial charge in [0.25, 0.3) is 0 Å². The van der Waals surface area contributed by atoms with Crippen molar-refractivity contribution in [3.05, 3.63) is 29.5 Å². The van der Waals surface area contributed by atoms with Crippen molar-refractivity contribution in [3.63, 3.8) is 0 Å². The number of ether oxygens (including phenoxy) is 1. The molecule has 1 aliphatic rings. The molecule has 0 saturated heterocycles. The summed E-state index contributed by atoms with van der Waals surface area (Å²) in [6, 6.07) is 7.53. The maximum absolute atomic E-state index is 11.9. The van der Waals surface area contributed by atoms with Crippen LogP contribution in [0.3, 0.4) is 0 Å². The maximum atomic E-state index is 11.9. The molecule has 28 heavy (non-hydrogen) atoms. The summed E-state index contributed by atoms with van der Waals surface area (Å²) in [5, 5.41) is 9.21. The van der Waals surface area contributed by atoms with Gasteiger partial charge in [-0.15, -0.1) is 0 Å². The van der Waals surface area contributed by atoms with Crippen molar-refractivity contribution >= 4 is 41.0 Å². The number of carbonyl (C=O) groups excluding carboxylic acids is 1. The lowest BCUT2D eigenvalue weighted by Gasteiger charge is -2.19. The number of halogens is 1. The second-order valence-electron chi connectivity index (χ2n) is 7.71. The highest BCUT2D eigenvalue weighted by Gasteiger charge is 2.17. The molecule has 1 aliphatic carbocycles. The molecular weight excluding hydrogens is 380 g/mol. The first kappa shape index (κ1) is 20.1. The molecule has 1 saturated carbocycles.